The quantitative estimate of drug-likeness (QED) is 0.483. The molecule has 0 atom stereocenters. The van der Waals surface area contributed by atoms with Gasteiger partial charge in [0.2, 0.25) is 5.91 Å². The van der Waals surface area contributed by atoms with Crippen molar-refractivity contribution in [2.24, 2.45) is 0 Å². The lowest BCUT2D eigenvalue weighted by Crippen LogP contribution is -2.25. The van der Waals surface area contributed by atoms with Crippen LogP contribution >= 0.6 is 23.1 Å². The third-order valence-corrected chi connectivity index (χ3v) is 5.91. The van der Waals surface area contributed by atoms with Gasteiger partial charge in [-0.05, 0) is 36.9 Å². The van der Waals surface area contributed by atoms with Gasteiger partial charge in [0, 0.05) is 12.8 Å². The number of nitrogens with one attached hydrogen (secondary N) is 1. The molecule has 1 N–H and O–H groups in total. The molecule has 0 aliphatic rings. The Morgan fingerprint density at radius 2 is 2.15 bits per heavy atom. The van der Waals surface area contributed by atoms with Gasteiger partial charge < -0.3 is 10.1 Å². The zero-order valence-electron chi connectivity index (χ0n) is 15.4. The summed E-state index contributed by atoms with van der Waals surface area (Å²) in [6.07, 6.45) is 0. The van der Waals surface area contributed by atoms with Gasteiger partial charge in [0.05, 0.1) is 24.4 Å². The molecule has 1 amide bonds. The number of ether oxygens (including phenoxy) is 1. The van der Waals surface area contributed by atoms with E-state index in [1.54, 1.807) is 11.7 Å². The van der Waals surface area contributed by atoms with Crippen molar-refractivity contribution < 1.29 is 9.53 Å². The van der Waals surface area contributed by atoms with Crippen LogP contribution in [0.25, 0.3) is 10.2 Å². The van der Waals surface area contributed by atoms with Crippen LogP contribution in [0.3, 0.4) is 0 Å². The number of rotatable bonds is 7. The van der Waals surface area contributed by atoms with Crippen molar-refractivity contribution in [1.82, 2.24) is 9.55 Å². The molecular weight excluding hydrogens is 382 g/mol. The minimum Gasteiger partial charge on any atom is -0.383 e. The molecule has 142 valence electrons. The highest BCUT2D eigenvalue weighted by molar-refractivity contribution is 7.99. The number of anilines is 1. The predicted octanol–water partition coefficient (Wildman–Crippen LogP) is 3.45. The number of aromatic nitrogens is 2. The topological polar surface area (TPSA) is 73.2 Å². The maximum Gasteiger partial charge on any atom is 0.272 e. The molecule has 0 saturated carbocycles. The fraction of sp³-hybridized carbons (Fsp3) is 0.316. The average Bonchev–Trinajstić information content (AvgIpc) is 3.10. The molecule has 2 aromatic heterocycles. The van der Waals surface area contributed by atoms with E-state index in [0.717, 1.165) is 16.8 Å². The Hall–Kier alpha value is -2.16. The Morgan fingerprint density at radius 3 is 2.89 bits per heavy atom. The molecule has 0 aliphatic heterocycles. The Morgan fingerprint density at radius 1 is 1.33 bits per heavy atom. The maximum atomic E-state index is 12.7. The molecular formula is C19H21N3O3S2. The van der Waals surface area contributed by atoms with Crippen LogP contribution in [0.2, 0.25) is 0 Å². The monoisotopic (exact) mass is 403 g/mol. The highest BCUT2D eigenvalue weighted by Crippen LogP contribution is 2.22. The van der Waals surface area contributed by atoms with Gasteiger partial charge in [-0.15, -0.1) is 11.3 Å². The lowest BCUT2D eigenvalue weighted by atomic mass is 10.1. The summed E-state index contributed by atoms with van der Waals surface area (Å²) in [6.45, 7) is 4.78. The molecule has 0 fully saturated rings. The second kappa shape index (κ2) is 8.69. The summed E-state index contributed by atoms with van der Waals surface area (Å²) in [5, 5.41) is 5.29. The van der Waals surface area contributed by atoms with E-state index in [9.17, 15) is 9.59 Å². The fourth-order valence-electron chi connectivity index (χ4n) is 2.68. The van der Waals surface area contributed by atoms with Crippen molar-refractivity contribution in [3.05, 3.63) is 51.1 Å². The second-order valence-corrected chi connectivity index (χ2v) is 7.99. The summed E-state index contributed by atoms with van der Waals surface area (Å²) in [6, 6.07) is 7.71. The van der Waals surface area contributed by atoms with Crippen LogP contribution in [-0.2, 0) is 16.1 Å². The number of thioether (sulfide) groups is 1. The van der Waals surface area contributed by atoms with Gasteiger partial charge in [-0.2, -0.15) is 0 Å². The molecule has 3 rings (SSSR count). The molecule has 3 aromatic rings. The number of fused-ring (bicyclic) bond motifs is 1. The number of carbonyl (C=O) groups is 1. The van der Waals surface area contributed by atoms with Crippen LogP contribution in [0.15, 0.2) is 39.6 Å². The summed E-state index contributed by atoms with van der Waals surface area (Å²) in [5.41, 5.74) is 3.53. The number of carbonyl (C=O) groups excluding carboxylic acids is 1. The lowest BCUT2D eigenvalue weighted by molar-refractivity contribution is -0.113. The minimum absolute atomic E-state index is 0.0932. The Kier molecular flexibility index (Phi) is 6.30. The summed E-state index contributed by atoms with van der Waals surface area (Å²) >= 11 is 2.63. The first-order valence-corrected chi connectivity index (χ1v) is 10.3. The van der Waals surface area contributed by atoms with Crippen LogP contribution in [0, 0.1) is 13.8 Å². The summed E-state index contributed by atoms with van der Waals surface area (Å²) in [7, 11) is 1.59. The largest absolute Gasteiger partial charge is 0.383 e. The SMILES string of the molecule is COCCn1c(SCC(=O)Nc2ccc(C)cc2C)nc2ccsc2c1=O. The van der Waals surface area contributed by atoms with Gasteiger partial charge in [0.15, 0.2) is 5.16 Å². The van der Waals surface area contributed by atoms with E-state index in [-0.39, 0.29) is 17.2 Å². The summed E-state index contributed by atoms with van der Waals surface area (Å²) < 4.78 is 7.31. The minimum atomic E-state index is -0.134. The molecule has 2 heterocycles. The molecule has 0 aliphatic carbocycles. The predicted molar refractivity (Wildman–Crippen MR) is 111 cm³/mol. The third kappa shape index (κ3) is 4.58. The average molecular weight is 404 g/mol. The van der Waals surface area contributed by atoms with Crippen LogP contribution in [0.1, 0.15) is 11.1 Å². The van der Waals surface area contributed by atoms with E-state index < -0.39 is 0 Å². The first-order valence-electron chi connectivity index (χ1n) is 8.46. The van der Waals surface area contributed by atoms with E-state index in [1.165, 1.54) is 23.1 Å². The molecule has 0 saturated heterocycles. The van der Waals surface area contributed by atoms with Crippen molar-refractivity contribution in [3.8, 4) is 0 Å². The van der Waals surface area contributed by atoms with Gasteiger partial charge in [-0.25, -0.2) is 4.98 Å². The smallest absolute Gasteiger partial charge is 0.272 e. The lowest BCUT2D eigenvalue weighted by Gasteiger charge is -2.12. The zero-order valence-corrected chi connectivity index (χ0v) is 17.1. The van der Waals surface area contributed by atoms with E-state index >= 15 is 0 Å². The number of thiophene rings is 1. The van der Waals surface area contributed by atoms with Gasteiger partial charge in [0.1, 0.15) is 4.70 Å². The first-order chi connectivity index (χ1) is 13.0. The number of aryl methyl sites for hydroxylation is 2. The number of amides is 1. The number of hydrogen-bond donors (Lipinski definition) is 1. The van der Waals surface area contributed by atoms with Gasteiger partial charge in [0.25, 0.3) is 5.56 Å². The molecule has 0 spiro atoms. The van der Waals surface area contributed by atoms with E-state index in [0.29, 0.717) is 28.5 Å². The van der Waals surface area contributed by atoms with Crippen molar-refractivity contribution in [3.63, 3.8) is 0 Å². The van der Waals surface area contributed by atoms with Crippen LogP contribution < -0.4 is 10.9 Å². The Bertz CT molecular complexity index is 1030. The van der Waals surface area contributed by atoms with E-state index in [4.69, 9.17) is 4.74 Å². The molecule has 1 aromatic carbocycles. The van der Waals surface area contributed by atoms with Gasteiger partial charge in [-0.1, -0.05) is 29.5 Å². The molecule has 27 heavy (non-hydrogen) atoms. The molecule has 0 unspecified atom stereocenters. The molecule has 6 nitrogen and oxygen atoms in total. The molecule has 8 heteroatoms. The van der Waals surface area contributed by atoms with Crippen molar-refractivity contribution in [2.45, 2.75) is 25.5 Å². The summed E-state index contributed by atoms with van der Waals surface area (Å²) in [4.78, 5) is 29.6. The third-order valence-electron chi connectivity index (χ3n) is 4.04. The number of methoxy groups -OCH3 is 1. The van der Waals surface area contributed by atoms with Gasteiger partial charge in [-0.3, -0.25) is 14.2 Å². The molecule has 0 radical (unpaired) electrons. The number of nitrogens with zero attached hydrogens (tertiary/aromatic N) is 2. The second-order valence-electron chi connectivity index (χ2n) is 6.13. The van der Waals surface area contributed by atoms with Crippen molar-refractivity contribution in [1.29, 1.82) is 0 Å². The van der Waals surface area contributed by atoms with E-state index in [2.05, 4.69) is 10.3 Å². The fourth-order valence-corrected chi connectivity index (χ4v) is 4.29. The first kappa shape index (κ1) is 19.6. The maximum absolute atomic E-state index is 12.7. The standard InChI is InChI=1S/C19H21N3O3S2/c1-12-4-5-14(13(2)10-12)20-16(23)11-27-19-21-15-6-9-26-17(15)18(24)22(19)7-8-25-3/h4-6,9-10H,7-8,11H2,1-3H3,(H,20,23). The van der Waals surface area contributed by atoms with Crippen molar-refractivity contribution >= 4 is 44.9 Å². The van der Waals surface area contributed by atoms with Crippen molar-refractivity contribution in [2.75, 3.05) is 24.8 Å². The summed E-state index contributed by atoms with van der Waals surface area (Å²) in [5.74, 6) is 0.0347. The normalized spacial score (nSPS) is 11.1. The Balaban J connectivity index is 1.77. The zero-order chi connectivity index (χ0) is 19.4. The number of hydrogen-bond acceptors (Lipinski definition) is 6. The highest BCUT2D eigenvalue weighted by Gasteiger charge is 2.14. The van der Waals surface area contributed by atoms with Crippen LogP contribution in [0.5, 0.6) is 0 Å². The van der Waals surface area contributed by atoms with Crippen LogP contribution in [-0.4, -0.2) is 34.9 Å². The number of benzene rings is 1. The van der Waals surface area contributed by atoms with Crippen LogP contribution in [0.4, 0.5) is 5.69 Å². The highest BCUT2D eigenvalue weighted by atomic mass is 32.2. The van der Waals surface area contributed by atoms with E-state index in [1.807, 2.05) is 43.5 Å². The van der Waals surface area contributed by atoms with Gasteiger partial charge >= 0.3 is 0 Å². The Labute approximate surface area is 165 Å². The molecule has 0 bridgehead atoms.